The first-order chi connectivity index (χ1) is 13.2. The van der Waals surface area contributed by atoms with Crippen LogP contribution in [-0.2, 0) is 20.9 Å². The van der Waals surface area contributed by atoms with Crippen LogP contribution in [0.25, 0.3) is 10.9 Å². The van der Waals surface area contributed by atoms with Gasteiger partial charge >= 0.3 is 0 Å². The lowest BCUT2D eigenvalue weighted by Crippen LogP contribution is -2.46. The van der Waals surface area contributed by atoms with Gasteiger partial charge in [0.05, 0.1) is 5.52 Å². The Morgan fingerprint density at radius 1 is 1.19 bits per heavy atom. The summed E-state index contributed by atoms with van der Waals surface area (Å²) in [5.74, 6) is 0.118. The maximum atomic E-state index is 12.5. The summed E-state index contributed by atoms with van der Waals surface area (Å²) in [6.07, 6.45) is 4.74. The monoisotopic (exact) mass is 367 g/mol. The van der Waals surface area contributed by atoms with Crippen LogP contribution in [0.4, 0.5) is 0 Å². The van der Waals surface area contributed by atoms with Gasteiger partial charge in [-0.2, -0.15) is 0 Å². The Hall–Kier alpha value is -2.47. The number of para-hydroxylation sites is 1. The van der Waals surface area contributed by atoms with Crippen molar-refractivity contribution >= 4 is 22.7 Å². The van der Waals surface area contributed by atoms with E-state index < -0.39 is 0 Å². The van der Waals surface area contributed by atoms with Gasteiger partial charge in [0, 0.05) is 43.7 Å². The highest BCUT2D eigenvalue weighted by Gasteiger charge is 2.32. The summed E-state index contributed by atoms with van der Waals surface area (Å²) >= 11 is 0. The molecule has 142 valence electrons. The minimum Gasteiger partial charge on any atom is -0.368 e. The Labute approximate surface area is 158 Å². The van der Waals surface area contributed by atoms with Crippen LogP contribution >= 0.6 is 0 Å². The number of pyridine rings is 1. The van der Waals surface area contributed by atoms with Crippen LogP contribution in [0.5, 0.6) is 0 Å². The minimum absolute atomic E-state index is 0.0352. The van der Waals surface area contributed by atoms with E-state index in [1.165, 1.54) is 0 Å². The molecule has 1 aromatic carbocycles. The number of likely N-dealkylation sites (tertiary alicyclic amines) is 1. The highest BCUT2D eigenvalue weighted by Crippen LogP contribution is 2.21. The summed E-state index contributed by atoms with van der Waals surface area (Å²) in [5, 5.41) is 4.10. The molecule has 0 unspecified atom stereocenters. The van der Waals surface area contributed by atoms with E-state index in [-0.39, 0.29) is 23.8 Å². The number of carbonyl (C=O) groups excluding carboxylic acids is 2. The van der Waals surface area contributed by atoms with E-state index in [0.717, 1.165) is 29.3 Å². The molecule has 0 spiro atoms. The summed E-state index contributed by atoms with van der Waals surface area (Å²) in [6, 6.07) is 10.0. The Morgan fingerprint density at radius 2 is 2.00 bits per heavy atom. The van der Waals surface area contributed by atoms with E-state index in [9.17, 15) is 9.59 Å². The molecule has 2 saturated heterocycles. The van der Waals surface area contributed by atoms with Gasteiger partial charge in [0.25, 0.3) is 5.91 Å². The number of fused-ring (bicyclic) bond motifs is 1. The summed E-state index contributed by atoms with van der Waals surface area (Å²) in [4.78, 5) is 31.2. The Bertz CT molecular complexity index is 824. The molecule has 4 rings (SSSR count). The molecule has 0 radical (unpaired) electrons. The van der Waals surface area contributed by atoms with Gasteiger partial charge in [0.1, 0.15) is 6.10 Å². The van der Waals surface area contributed by atoms with Gasteiger partial charge in [0.15, 0.2) is 0 Å². The average Bonchev–Trinajstić information content (AvgIpc) is 3.26. The van der Waals surface area contributed by atoms with Crippen molar-refractivity contribution in [2.24, 2.45) is 5.92 Å². The highest BCUT2D eigenvalue weighted by atomic mass is 16.5. The molecule has 2 amide bonds. The van der Waals surface area contributed by atoms with Gasteiger partial charge in [-0.1, -0.05) is 18.2 Å². The third-order valence-corrected chi connectivity index (χ3v) is 5.50. The molecule has 2 aliphatic heterocycles. The smallest absolute Gasteiger partial charge is 0.251 e. The normalized spacial score (nSPS) is 20.7. The van der Waals surface area contributed by atoms with Crippen LogP contribution in [0.1, 0.15) is 31.2 Å². The first kappa shape index (κ1) is 17.9. The number of hydrogen-bond donors (Lipinski definition) is 1. The van der Waals surface area contributed by atoms with E-state index in [1.807, 2.05) is 35.4 Å². The number of piperidine rings is 1. The molecule has 27 heavy (non-hydrogen) atoms. The first-order valence-electron chi connectivity index (χ1n) is 9.72. The van der Waals surface area contributed by atoms with Gasteiger partial charge < -0.3 is 15.0 Å². The number of amides is 2. The van der Waals surface area contributed by atoms with Crippen molar-refractivity contribution in [3.05, 3.63) is 42.1 Å². The second kappa shape index (κ2) is 8.05. The summed E-state index contributed by atoms with van der Waals surface area (Å²) in [5.41, 5.74) is 1.95. The quantitative estimate of drug-likeness (QED) is 0.900. The zero-order valence-electron chi connectivity index (χ0n) is 15.4. The topological polar surface area (TPSA) is 71.5 Å². The number of ether oxygens (including phenoxy) is 1. The molecule has 2 aromatic rings. The average molecular weight is 367 g/mol. The van der Waals surface area contributed by atoms with E-state index >= 15 is 0 Å². The van der Waals surface area contributed by atoms with Crippen molar-refractivity contribution in [3.8, 4) is 0 Å². The molecule has 0 aliphatic carbocycles. The van der Waals surface area contributed by atoms with Gasteiger partial charge in [0.2, 0.25) is 5.91 Å². The number of rotatable bonds is 4. The van der Waals surface area contributed by atoms with E-state index in [2.05, 4.69) is 16.4 Å². The Kier molecular flexibility index (Phi) is 5.34. The minimum atomic E-state index is -0.268. The van der Waals surface area contributed by atoms with Crippen LogP contribution in [0.15, 0.2) is 36.5 Å². The summed E-state index contributed by atoms with van der Waals surface area (Å²) in [7, 11) is 0. The molecule has 2 aliphatic rings. The zero-order valence-corrected chi connectivity index (χ0v) is 15.4. The van der Waals surface area contributed by atoms with Crippen molar-refractivity contribution in [2.45, 2.75) is 38.3 Å². The number of nitrogens with zero attached hydrogens (tertiary/aromatic N) is 2. The standard InChI is InChI=1S/C21H25N3O3/c25-20(23-14-15-12-17-4-1-2-5-18(17)22-13-15)16-7-9-24(10-8-16)21(26)19-6-3-11-27-19/h1-2,4-5,12-13,16,19H,3,6-11,14H2,(H,23,25)/t19-/m1/s1. The Balaban J connectivity index is 1.27. The molecule has 0 saturated carbocycles. The van der Waals surface area contributed by atoms with Crippen molar-refractivity contribution in [1.29, 1.82) is 0 Å². The van der Waals surface area contributed by atoms with Crippen molar-refractivity contribution in [3.63, 3.8) is 0 Å². The first-order valence-corrected chi connectivity index (χ1v) is 9.72. The third kappa shape index (κ3) is 4.11. The SMILES string of the molecule is O=C(NCc1cnc2ccccc2c1)C1CCN(C(=O)[C@H]2CCCO2)CC1. The number of aromatic nitrogens is 1. The van der Waals surface area contributed by atoms with Crippen LogP contribution in [0, 0.1) is 5.92 Å². The van der Waals surface area contributed by atoms with Crippen LogP contribution in [0.3, 0.4) is 0 Å². The summed E-state index contributed by atoms with van der Waals surface area (Å²) in [6.45, 7) is 2.42. The van der Waals surface area contributed by atoms with Crippen LogP contribution in [-0.4, -0.2) is 47.5 Å². The van der Waals surface area contributed by atoms with E-state index in [0.29, 0.717) is 39.1 Å². The number of nitrogens with one attached hydrogen (secondary N) is 1. The number of hydrogen-bond acceptors (Lipinski definition) is 4. The van der Waals surface area contributed by atoms with E-state index in [4.69, 9.17) is 4.74 Å². The fourth-order valence-electron chi connectivity index (χ4n) is 3.88. The predicted molar refractivity (Wildman–Crippen MR) is 102 cm³/mol. The lowest BCUT2D eigenvalue weighted by atomic mass is 9.95. The molecule has 0 bridgehead atoms. The van der Waals surface area contributed by atoms with Gasteiger partial charge in [-0.3, -0.25) is 14.6 Å². The fraction of sp³-hybridized carbons (Fsp3) is 0.476. The fourth-order valence-corrected chi connectivity index (χ4v) is 3.88. The number of benzene rings is 1. The van der Waals surface area contributed by atoms with Crippen LogP contribution < -0.4 is 5.32 Å². The van der Waals surface area contributed by atoms with Crippen molar-refractivity contribution < 1.29 is 14.3 Å². The van der Waals surface area contributed by atoms with Crippen molar-refractivity contribution in [1.82, 2.24) is 15.2 Å². The molecule has 3 heterocycles. The Morgan fingerprint density at radius 3 is 2.78 bits per heavy atom. The number of carbonyl (C=O) groups is 2. The van der Waals surface area contributed by atoms with Gasteiger partial charge in [-0.25, -0.2) is 0 Å². The molecule has 6 nitrogen and oxygen atoms in total. The second-order valence-corrected chi connectivity index (χ2v) is 7.36. The third-order valence-electron chi connectivity index (χ3n) is 5.50. The highest BCUT2D eigenvalue weighted by molar-refractivity contribution is 5.83. The molecule has 6 heteroatoms. The zero-order chi connectivity index (χ0) is 18.6. The predicted octanol–water partition coefficient (Wildman–Crippen LogP) is 2.27. The lowest BCUT2D eigenvalue weighted by molar-refractivity contribution is -0.143. The maximum absolute atomic E-state index is 12.5. The maximum Gasteiger partial charge on any atom is 0.251 e. The molecular weight excluding hydrogens is 342 g/mol. The molecular formula is C21H25N3O3. The molecule has 1 N–H and O–H groups in total. The molecule has 1 aromatic heterocycles. The van der Waals surface area contributed by atoms with Gasteiger partial charge in [-0.15, -0.1) is 0 Å². The molecule has 1 atom stereocenters. The lowest BCUT2D eigenvalue weighted by Gasteiger charge is -2.32. The largest absolute Gasteiger partial charge is 0.368 e. The second-order valence-electron chi connectivity index (χ2n) is 7.36. The van der Waals surface area contributed by atoms with Crippen molar-refractivity contribution in [2.75, 3.05) is 19.7 Å². The molecule has 2 fully saturated rings. The van der Waals surface area contributed by atoms with Crippen LogP contribution in [0.2, 0.25) is 0 Å². The summed E-state index contributed by atoms with van der Waals surface area (Å²) < 4.78 is 5.48. The van der Waals surface area contributed by atoms with Gasteiger partial charge in [-0.05, 0) is 43.4 Å². The van der Waals surface area contributed by atoms with E-state index in [1.54, 1.807) is 0 Å².